The number of halogens is 1. The Morgan fingerprint density at radius 2 is 1.39 bits per heavy atom. The molecule has 3 aromatic carbocycles. The van der Waals surface area contributed by atoms with E-state index < -0.39 is 0 Å². The normalized spacial score (nSPS) is 15.4. The van der Waals surface area contributed by atoms with Crippen molar-refractivity contribution in [3.8, 4) is 0 Å². The Morgan fingerprint density at radius 3 is 1.97 bits per heavy atom. The molecule has 1 aliphatic heterocycles. The van der Waals surface area contributed by atoms with E-state index in [1.54, 1.807) is 0 Å². The van der Waals surface area contributed by atoms with Crippen molar-refractivity contribution in [1.82, 2.24) is 10.2 Å². The highest BCUT2D eigenvalue weighted by Crippen LogP contribution is 2.27. The van der Waals surface area contributed by atoms with Gasteiger partial charge in [0.25, 0.3) is 0 Å². The third kappa shape index (κ3) is 6.67. The lowest BCUT2D eigenvalue weighted by atomic mass is 9.88. The highest BCUT2D eigenvalue weighted by molar-refractivity contribution is 6.30. The summed E-state index contributed by atoms with van der Waals surface area (Å²) in [5.41, 5.74) is 4.17. The van der Waals surface area contributed by atoms with E-state index in [1.165, 1.54) is 42.6 Å². The first kappa shape index (κ1) is 22.1. The van der Waals surface area contributed by atoms with Gasteiger partial charge in [0.15, 0.2) is 0 Å². The summed E-state index contributed by atoms with van der Waals surface area (Å²) >= 11 is 6.00. The summed E-state index contributed by atoms with van der Waals surface area (Å²) in [6, 6.07) is 30.1. The van der Waals surface area contributed by atoms with Crippen LogP contribution in [0.25, 0.3) is 0 Å². The third-order valence-electron chi connectivity index (χ3n) is 6.47. The van der Waals surface area contributed by atoms with Gasteiger partial charge in [-0.2, -0.15) is 0 Å². The van der Waals surface area contributed by atoms with Crippen LogP contribution in [0.4, 0.5) is 0 Å². The first-order valence-electron chi connectivity index (χ1n) is 11.6. The van der Waals surface area contributed by atoms with Gasteiger partial charge in [0.05, 0.1) is 0 Å². The van der Waals surface area contributed by atoms with Gasteiger partial charge in [-0.25, -0.2) is 0 Å². The van der Waals surface area contributed by atoms with E-state index in [0.717, 1.165) is 37.0 Å². The summed E-state index contributed by atoms with van der Waals surface area (Å²) in [7, 11) is 0. The van der Waals surface area contributed by atoms with Crippen LogP contribution in [-0.2, 0) is 6.54 Å². The minimum absolute atomic E-state index is 0.455. The van der Waals surface area contributed by atoms with Gasteiger partial charge in [-0.15, -0.1) is 0 Å². The summed E-state index contributed by atoms with van der Waals surface area (Å²) in [5.74, 6) is 1.24. The zero-order chi connectivity index (χ0) is 21.3. The van der Waals surface area contributed by atoms with Crippen molar-refractivity contribution in [2.45, 2.75) is 31.7 Å². The van der Waals surface area contributed by atoms with Crippen LogP contribution >= 0.6 is 11.6 Å². The Hall–Kier alpha value is -2.13. The second kappa shape index (κ2) is 11.5. The molecule has 162 valence electrons. The Bertz CT molecular complexity index is 848. The smallest absolute Gasteiger partial charge is 0.0406 e. The molecule has 0 saturated carbocycles. The monoisotopic (exact) mass is 432 g/mol. The van der Waals surface area contributed by atoms with Gasteiger partial charge in [-0.05, 0) is 80.2 Å². The zero-order valence-corrected chi connectivity index (χ0v) is 19.0. The van der Waals surface area contributed by atoms with Gasteiger partial charge in [0, 0.05) is 17.5 Å². The molecule has 0 spiro atoms. The number of nitrogens with one attached hydrogen (secondary N) is 1. The molecule has 1 N–H and O–H groups in total. The van der Waals surface area contributed by atoms with E-state index in [-0.39, 0.29) is 0 Å². The second-order valence-electron chi connectivity index (χ2n) is 8.71. The van der Waals surface area contributed by atoms with Crippen LogP contribution in [-0.4, -0.2) is 31.1 Å². The largest absolute Gasteiger partial charge is 0.316 e. The summed E-state index contributed by atoms with van der Waals surface area (Å²) < 4.78 is 0. The van der Waals surface area contributed by atoms with E-state index in [4.69, 9.17) is 11.6 Å². The molecular formula is C28H33ClN2. The lowest BCUT2D eigenvalue weighted by Gasteiger charge is -2.32. The van der Waals surface area contributed by atoms with Crippen LogP contribution in [0.5, 0.6) is 0 Å². The Balaban J connectivity index is 1.21. The molecule has 1 fully saturated rings. The van der Waals surface area contributed by atoms with Gasteiger partial charge in [0.1, 0.15) is 0 Å². The molecule has 0 aromatic heterocycles. The first-order chi connectivity index (χ1) is 15.3. The Morgan fingerprint density at radius 1 is 0.806 bits per heavy atom. The fourth-order valence-corrected chi connectivity index (χ4v) is 4.77. The van der Waals surface area contributed by atoms with Crippen LogP contribution in [0.3, 0.4) is 0 Å². The molecule has 0 bridgehead atoms. The van der Waals surface area contributed by atoms with Crippen molar-refractivity contribution in [2.75, 3.05) is 26.2 Å². The number of hydrogen-bond donors (Lipinski definition) is 1. The van der Waals surface area contributed by atoms with Crippen LogP contribution in [0.15, 0.2) is 84.9 Å². The maximum atomic E-state index is 6.00. The van der Waals surface area contributed by atoms with Crippen LogP contribution in [0.1, 0.15) is 41.9 Å². The van der Waals surface area contributed by atoms with Crippen molar-refractivity contribution >= 4 is 11.6 Å². The summed E-state index contributed by atoms with van der Waals surface area (Å²) in [6.07, 6.45) is 3.69. The molecule has 3 aromatic rings. The standard InChI is InChI=1S/C28H33ClN2/c29-27-13-11-24(12-14-27)22-31-19-16-23(17-20-31)21-30-18-15-28(25-7-3-1-4-8-25)26-9-5-2-6-10-26/h1-14,23,28,30H,15-22H2. The van der Waals surface area contributed by atoms with Crippen molar-refractivity contribution in [2.24, 2.45) is 5.92 Å². The van der Waals surface area contributed by atoms with Gasteiger partial charge >= 0.3 is 0 Å². The predicted molar refractivity (Wildman–Crippen MR) is 132 cm³/mol. The number of likely N-dealkylation sites (tertiary alicyclic amines) is 1. The average Bonchev–Trinajstić information content (AvgIpc) is 2.83. The minimum atomic E-state index is 0.455. The SMILES string of the molecule is Clc1ccc(CN2CCC(CNCCC(c3ccccc3)c3ccccc3)CC2)cc1. The molecule has 1 saturated heterocycles. The topological polar surface area (TPSA) is 15.3 Å². The van der Waals surface area contributed by atoms with Crippen molar-refractivity contribution < 1.29 is 0 Å². The molecule has 1 aliphatic rings. The molecule has 0 amide bonds. The van der Waals surface area contributed by atoms with Gasteiger partial charge in [0.2, 0.25) is 0 Å². The van der Waals surface area contributed by atoms with Crippen LogP contribution in [0, 0.1) is 5.92 Å². The van der Waals surface area contributed by atoms with Crippen molar-refractivity contribution in [3.05, 3.63) is 107 Å². The third-order valence-corrected chi connectivity index (χ3v) is 6.73. The number of nitrogens with zero attached hydrogens (tertiary/aromatic N) is 1. The highest BCUT2D eigenvalue weighted by Gasteiger charge is 2.19. The lowest BCUT2D eigenvalue weighted by molar-refractivity contribution is 0.175. The molecule has 3 heteroatoms. The van der Waals surface area contributed by atoms with E-state index in [1.807, 2.05) is 12.1 Å². The summed E-state index contributed by atoms with van der Waals surface area (Å²) in [5, 5.41) is 4.58. The summed E-state index contributed by atoms with van der Waals surface area (Å²) in [4.78, 5) is 2.57. The van der Waals surface area contributed by atoms with Gasteiger partial charge in [-0.3, -0.25) is 4.90 Å². The minimum Gasteiger partial charge on any atom is -0.316 e. The van der Waals surface area contributed by atoms with Crippen LogP contribution in [0.2, 0.25) is 5.02 Å². The van der Waals surface area contributed by atoms with E-state index in [2.05, 4.69) is 83.0 Å². The molecule has 0 aliphatic carbocycles. The molecule has 0 unspecified atom stereocenters. The number of benzene rings is 3. The fourth-order valence-electron chi connectivity index (χ4n) is 4.65. The Labute approximate surface area is 192 Å². The number of hydrogen-bond acceptors (Lipinski definition) is 2. The molecule has 2 nitrogen and oxygen atoms in total. The predicted octanol–water partition coefficient (Wildman–Crippen LogP) is 6.36. The zero-order valence-electron chi connectivity index (χ0n) is 18.2. The molecule has 0 radical (unpaired) electrons. The van der Waals surface area contributed by atoms with Crippen molar-refractivity contribution in [3.63, 3.8) is 0 Å². The number of piperidine rings is 1. The molecular weight excluding hydrogens is 400 g/mol. The van der Waals surface area contributed by atoms with E-state index in [0.29, 0.717) is 5.92 Å². The maximum Gasteiger partial charge on any atom is 0.0406 e. The number of rotatable bonds is 9. The molecule has 4 rings (SSSR count). The summed E-state index contributed by atoms with van der Waals surface area (Å²) in [6.45, 7) is 5.59. The average molecular weight is 433 g/mol. The first-order valence-corrected chi connectivity index (χ1v) is 11.9. The fraction of sp³-hybridized carbons (Fsp3) is 0.357. The molecule has 0 atom stereocenters. The quantitative estimate of drug-likeness (QED) is 0.395. The van der Waals surface area contributed by atoms with E-state index >= 15 is 0 Å². The Kier molecular flexibility index (Phi) is 8.17. The maximum absolute atomic E-state index is 6.00. The second-order valence-corrected chi connectivity index (χ2v) is 9.15. The van der Waals surface area contributed by atoms with E-state index in [9.17, 15) is 0 Å². The van der Waals surface area contributed by atoms with Crippen molar-refractivity contribution in [1.29, 1.82) is 0 Å². The van der Waals surface area contributed by atoms with Crippen LogP contribution < -0.4 is 5.32 Å². The van der Waals surface area contributed by atoms with Gasteiger partial charge < -0.3 is 5.32 Å². The molecule has 31 heavy (non-hydrogen) atoms. The molecule has 1 heterocycles. The lowest BCUT2D eigenvalue weighted by Crippen LogP contribution is -2.37. The van der Waals surface area contributed by atoms with Gasteiger partial charge in [-0.1, -0.05) is 84.4 Å². The highest BCUT2D eigenvalue weighted by atomic mass is 35.5.